The standard InChI is InChI=1S/C33H36N5O9PS/c1-20(39)35-26(18-21-12-14-23(15-13-21)47-48(44,45)46)32(42)37-31-33(43)38(19-28(40)30(41)25(34)16-17-49-2)27-11-7-6-10-24(27)29(36-31)22-8-4-3-5-9-22/h3-15,25-26,31H,16-19,34H2,1-2H3,(H,35,39)(H,37,42)(H2,44,45,46)/t25-,26-,31-/m0/s1. The van der Waals surface area contributed by atoms with Crippen LogP contribution in [0.4, 0.5) is 5.69 Å². The quantitative estimate of drug-likeness (QED) is 0.113. The van der Waals surface area contributed by atoms with Gasteiger partial charge in [0.15, 0.2) is 0 Å². The van der Waals surface area contributed by atoms with Crippen LogP contribution in [0.3, 0.4) is 0 Å². The zero-order valence-electron chi connectivity index (χ0n) is 26.6. The van der Waals surface area contributed by atoms with Gasteiger partial charge in [0.2, 0.25) is 29.5 Å². The number of Topliss-reactive ketones (excluding diaryl/α,β-unsaturated/α-hetero) is 2. The number of fused-ring (bicyclic) bond motifs is 1. The Bertz CT molecular complexity index is 1780. The van der Waals surface area contributed by atoms with Crippen molar-refractivity contribution >= 4 is 60.3 Å². The van der Waals surface area contributed by atoms with Gasteiger partial charge in [0.25, 0.3) is 5.91 Å². The largest absolute Gasteiger partial charge is 0.524 e. The maximum absolute atomic E-state index is 14.2. The van der Waals surface area contributed by atoms with Gasteiger partial charge in [-0.15, -0.1) is 0 Å². The molecule has 16 heteroatoms. The van der Waals surface area contributed by atoms with Crippen molar-refractivity contribution in [3.8, 4) is 5.75 Å². The van der Waals surface area contributed by atoms with Crippen molar-refractivity contribution in [2.24, 2.45) is 10.7 Å². The number of hydrogen-bond acceptors (Lipinski definition) is 10. The number of benzodiazepines with no additional fused rings is 1. The molecule has 258 valence electrons. The molecule has 0 unspecified atom stereocenters. The SMILES string of the molecule is CSCC[C@H](N)C(=O)C(=O)CN1C(=O)[C@H](NC(=O)[C@H](Cc2ccc(OP(=O)(O)O)cc2)NC(C)=O)N=C(c2ccccc2)c2ccccc21. The zero-order valence-corrected chi connectivity index (χ0v) is 28.4. The van der Waals surface area contributed by atoms with E-state index < -0.39 is 61.9 Å². The lowest BCUT2D eigenvalue weighted by molar-refractivity contribution is -0.137. The monoisotopic (exact) mass is 709 g/mol. The molecule has 0 aromatic heterocycles. The number of nitrogens with one attached hydrogen (secondary N) is 2. The summed E-state index contributed by atoms with van der Waals surface area (Å²) in [6.45, 7) is 0.564. The highest BCUT2D eigenvalue weighted by molar-refractivity contribution is 7.98. The summed E-state index contributed by atoms with van der Waals surface area (Å²) in [6.07, 6.45) is 0.461. The molecule has 1 aliphatic heterocycles. The number of ketones is 2. The van der Waals surface area contributed by atoms with Gasteiger partial charge in [0.1, 0.15) is 11.8 Å². The molecule has 4 rings (SSSR count). The molecule has 0 spiro atoms. The average Bonchev–Trinajstić information content (AvgIpc) is 3.17. The maximum atomic E-state index is 14.2. The summed E-state index contributed by atoms with van der Waals surface area (Å²) >= 11 is 1.48. The molecule has 3 aromatic carbocycles. The number of rotatable bonds is 15. The highest BCUT2D eigenvalue weighted by Gasteiger charge is 2.37. The molecule has 1 heterocycles. The fraction of sp³-hybridized carbons (Fsp3) is 0.273. The van der Waals surface area contributed by atoms with E-state index in [9.17, 15) is 28.5 Å². The summed E-state index contributed by atoms with van der Waals surface area (Å²) in [6, 6.07) is 18.9. The molecule has 3 atom stereocenters. The molecule has 0 radical (unpaired) electrons. The van der Waals surface area contributed by atoms with Gasteiger partial charge in [-0.1, -0.05) is 60.7 Å². The summed E-state index contributed by atoms with van der Waals surface area (Å²) in [5.41, 5.74) is 8.20. The molecule has 1 aliphatic rings. The summed E-state index contributed by atoms with van der Waals surface area (Å²) in [7, 11) is -4.79. The highest BCUT2D eigenvalue weighted by atomic mass is 32.2. The Morgan fingerprint density at radius 1 is 1.02 bits per heavy atom. The van der Waals surface area contributed by atoms with E-state index in [4.69, 9.17) is 15.5 Å². The van der Waals surface area contributed by atoms with Crippen LogP contribution >= 0.6 is 19.6 Å². The number of thioether (sulfide) groups is 1. The lowest BCUT2D eigenvalue weighted by Crippen LogP contribution is -2.55. The Morgan fingerprint density at radius 2 is 1.67 bits per heavy atom. The van der Waals surface area contributed by atoms with E-state index in [0.717, 1.165) is 4.90 Å². The van der Waals surface area contributed by atoms with Crippen LogP contribution in [0.15, 0.2) is 83.9 Å². The van der Waals surface area contributed by atoms with Crippen LogP contribution in [0.25, 0.3) is 0 Å². The van der Waals surface area contributed by atoms with Crippen LogP contribution in [0.5, 0.6) is 5.75 Å². The second-order valence-electron chi connectivity index (χ2n) is 11.1. The molecule has 3 aromatic rings. The van der Waals surface area contributed by atoms with Crippen molar-refractivity contribution in [3.05, 3.63) is 95.6 Å². The molecule has 0 saturated heterocycles. The van der Waals surface area contributed by atoms with Crippen molar-refractivity contribution in [2.45, 2.75) is 38.0 Å². The molecule has 49 heavy (non-hydrogen) atoms. The predicted molar refractivity (Wildman–Crippen MR) is 184 cm³/mol. The number of carbonyl (C=O) groups is 5. The van der Waals surface area contributed by atoms with Gasteiger partial charge in [0.05, 0.1) is 24.0 Å². The van der Waals surface area contributed by atoms with E-state index in [0.29, 0.717) is 33.8 Å². The Kier molecular flexibility index (Phi) is 12.6. The van der Waals surface area contributed by atoms with E-state index in [1.54, 1.807) is 54.6 Å². The van der Waals surface area contributed by atoms with Crippen molar-refractivity contribution in [2.75, 3.05) is 23.5 Å². The third-order valence-corrected chi connectivity index (χ3v) is 8.45. The Labute approximate surface area is 286 Å². The first kappa shape index (κ1) is 37.2. The first-order valence-electron chi connectivity index (χ1n) is 15.0. The number of nitrogens with zero attached hydrogens (tertiary/aromatic N) is 2. The third kappa shape index (κ3) is 10.2. The Balaban J connectivity index is 1.69. The predicted octanol–water partition coefficient (Wildman–Crippen LogP) is 1.75. The minimum Gasteiger partial charge on any atom is -0.404 e. The third-order valence-electron chi connectivity index (χ3n) is 7.36. The average molecular weight is 710 g/mol. The molecule has 0 saturated carbocycles. The fourth-order valence-electron chi connectivity index (χ4n) is 5.07. The minimum absolute atomic E-state index is 0.0807. The number of hydrogen-bond donors (Lipinski definition) is 5. The van der Waals surface area contributed by atoms with Crippen molar-refractivity contribution < 1.29 is 42.8 Å². The van der Waals surface area contributed by atoms with Crippen LogP contribution in [0.1, 0.15) is 30.0 Å². The minimum atomic E-state index is -4.79. The van der Waals surface area contributed by atoms with E-state index in [-0.39, 0.29) is 18.6 Å². The van der Waals surface area contributed by atoms with Crippen LogP contribution in [-0.2, 0) is 35.0 Å². The maximum Gasteiger partial charge on any atom is 0.524 e. The number of para-hydroxylation sites is 1. The number of carbonyl (C=O) groups excluding carboxylic acids is 5. The first-order chi connectivity index (χ1) is 23.3. The van der Waals surface area contributed by atoms with Crippen molar-refractivity contribution in [1.82, 2.24) is 10.6 Å². The van der Waals surface area contributed by atoms with E-state index >= 15 is 0 Å². The zero-order chi connectivity index (χ0) is 35.7. The highest BCUT2D eigenvalue weighted by Crippen LogP contribution is 2.37. The van der Waals surface area contributed by atoms with Crippen LogP contribution in [0.2, 0.25) is 0 Å². The van der Waals surface area contributed by atoms with Gasteiger partial charge in [0, 0.05) is 24.5 Å². The van der Waals surface area contributed by atoms with Crippen molar-refractivity contribution in [3.63, 3.8) is 0 Å². The van der Waals surface area contributed by atoms with Gasteiger partial charge in [-0.25, -0.2) is 9.56 Å². The van der Waals surface area contributed by atoms with E-state index in [2.05, 4.69) is 20.1 Å². The molecule has 6 N–H and O–H groups in total. The smallest absolute Gasteiger partial charge is 0.404 e. The number of anilines is 1. The Hall–Kier alpha value is -4.66. The van der Waals surface area contributed by atoms with Crippen molar-refractivity contribution in [1.29, 1.82) is 0 Å². The van der Waals surface area contributed by atoms with E-state index in [1.807, 2.05) is 6.26 Å². The van der Waals surface area contributed by atoms with E-state index in [1.165, 1.54) is 43.0 Å². The number of phosphoric ester groups is 1. The summed E-state index contributed by atoms with van der Waals surface area (Å²) < 4.78 is 15.7. The molecule has 14 nitrogen and oxygen atoms in total. The van der Waals surface area contributed by atoms with Gasteiger partial charge >= 0.3 is 7.82 Å². The lowest BCUT2D eigenvalue weighted by Gasteiger charge is -2.26. The lowest BCUT2D eigenvalue weighted by atomic mass is 10.00. The van der Waals surface area contributed by atoms with Crippen LogP contribution in [-0.4, -0.2) is 81.6 Å². The number of benzene rings is 3. The normalized spacial score (nSPS) is 15.6. The summed E-state index contributed by atoms with van der Waals surface area (Å²) in [5.74, 6) is -3.38. The number of nitrogens with two attached hydrogens (primary N) is 1. The van der Waals surface area contributed by atoms with Crippen LogP contribution in [0, 0.1) is 0 Å². The Morgan fingerprint density at radius 3 is 2.31 bits per heavy atom. The second-order valence-corrected chi connectivity index (χ2v) is 13.2. The number of aliphatic imine (C=N–C) groups is 1. The van der Waals surface area contributed by atoms with Crippen LogP contribution < -0.4 is 25.8 Å². The number of amides is 3. The van der Waals surface area contributed by atoms with Gasteiger partial charge in [-0.2, -0.15) is 11.8 Å². The molecular weight excluding hydrogens is 673 g/mol. The topological polar surface area (TPSA) is 218 Å². The molecular formula is C33H36N5O9PS. The summed E-state index contributed by atoms with van der Waals surface area (Å²) in [5, 5.41) is 5.16. The number of phosphoric acid groups is 1. The second kappa shape index (κ2) is 16.6. The molecule has 0 bridgehead atoms. The van der Waals surface area contributed by atoms with Gasteiger partial charge in [-0.05, 0) is 42.2 Å². The van der Waals surface area contributed by atoms with Gasteiger partial charge in [-0.3, -0.25) is 33.8 Å². The summed E-state index contributed by atoms with van der Waals surface area (Å²) in [4.78, 5) is 90.2. The molecule has 0 aliphatic carbocycles. The fourth-order valence-corrected chi connectivity index (χ4v) is 5.95. The first-order valence-corrected chi connectivity index (χ1v) is 18.0. The molecule has 0 fully saturated rings. The molecule has 3 amide bonds. The van der Waals surface area contributed by atoms with Gasteiger partial charge < -0.3 is 25.8 Å².